The summed E-state index contributed by atoms with van der Waals surface area (Å²) in [6.45, 7) is 4.60. The first kappa shape index (κ1) is 15.0. The van der Waals surface area contributed by atoms with Gasteiger partial charge >= 0.3 is 0 Å². The standard InChI is InChI=1S/C15H19N3O3S/c1-10-2-3-12(22-10)15(21)18-6-4-17(5-7-18)14(20)11-8-13(19)16-9-11/h2-3,11H,4-9H2,1H3,(H,16,19). The highest BCUT2D eigenvalue weighted by Crippen LogP contribution is 2.19. The molecule has 1 atom stereocenters. The fraction of sp³-hybridized carbons (Fsp3) is 0.533. The number of nitrogens with one attached hydrogen (secondary N) is 1. The molecule has 0 radical (unpaired) electrons. The van der Waals surface area contributed by atoms with Crippen LogP contribution in [0.15, 0.2) is 12.1 Å². The molecule has 2 aliphatic heterocycles. The van der Waals surface area contributed by atoms with Gasteiger partial charge in [0.05, 0.1) is 10.8 Å². The largest absolute Gasteiger partial charge is 0.355 e. The van der Waals surface area contributed by atoms with Crippen LogP contribution in [0.5, 0.6) is 0 Å². The van der Waals surface area contributed by atoms with Gasteiger partial charge in [-0.05, 0) is 19.1 Å². The maximum absolute atomic E-state index is 12.4. The molecular formula is C15H19N3O3S. The Morgan fingerprint density at radius 1 is 1.18 bits per heavy atom. The zero-order valence-corrected chi connectivity index (χ0v) is 13.3. The van der Waals surface area contributed by atoms with Crippen molar-refractivity contribution in [1.82, 2.24) is 15.1 Å². The molecular weight excluding hydrogens is 302 g/mol. The number of carbonyl (C=O) groups excluding carboxylic acids is 3. The summed E-state index contributed by atoms with van der Waals surface area (Å²) in [5, 5.41) is 2.69. The van der Waals surface area contributed by atoms with Gasteiger partial charge in [-0.25, -0.2) is 0 Å². The molecule has 1 aromatic rings. The van der Waals surface area contributed by atoms with Gasteiger partial charge in [0.15, 0.2) is 0 Å². The van der Waals surface area contributed by atoms with Gasteiger partial charge in [0.25, 0.3) is 5.91 Å². The fourth-order valence-corrected chi connectivity index (χ4v) is 3.71. The normalized spacial score (nSPS) is 21.9. The van der Waals surface area contributed by atoms with E-state index in [-0.39, 0.29) is 30.1 Å². The minimum Gasteiger partial charge on any atom is -0.355 e. The van der Waals surface area contributed by atoms with Crippen LogP contribution in [0, 0.1) is 12.8 Å². The van der Waals surface area contributed by atoms with E-state index in [9.17, 15) is 14.4 Å². The number of hydrogen-bond donors (Lipinski definition) is 1. The molecule has 1 aromatic heterocycles. The van der Waals surface area contributed by atoms with E-state index in [1.165, 1.54) is 11.3 Å². The summed E-state index contributed by atoms with van der Waals surface area (Å²) in [7, 11) is 0. The number of piperazine rings is 1. The number of hydrogen-bond acceptors (Lipinski definition) is 4. The molecule has 0 aromatic carbocycles. The molecule has 3 rings (SSSR count). The third-order valence-corrected chi connectivity index (χ3v) is 5.15. The molecule has 0 saturated carbocycles. The van der Waals surface area contributed by atoms with E-state index in [1.807, 2.05) is 19.1 Å². The van der Waals surface area contributed by atoms with Gasteiger partial charge in [-0.3, -0.25) is 14.4 Å². The number of carbonyl (C=O) groups is 3. The Hall–Kier alpha value is -1.89. The lowest BCUT2D eigenvalue weighted by Crippen LogP contribution is -2.52. The lowest BCUT2D eigenvalue weighted by atomic mass is 10.1. The van der Waals surface area contributed by atoms with Gasteiger partial charge in [0.2, 0.25) is 11.8 Å². The molecule has 22 heavy (non-hydrogen) atoms. The summed E-state index contributed by atoms with van der Waals surface area (Å²) in [5.41, 5.74) is 0. The van der Waals surface area contributed by atoms with Crippen LogP contribution in [0.25, 0.3) is 0 Å². The Balaban J connectivity index is 1.55. The Morgan fingerprint density at radius 3 is 2.41 bits per heavy atom. The second-order valence-electron chi connectivity index (χ2n) is 5.73. The monoisotopic (exact) mass is 321 g/mol. The van der Waals surface area contributed by atoms with Crippen LogP contribution in [0.2, 0.25) is 0 Å². The zero-order valence-electron chi connectivity index (χ0n) is 12.5. The van der Waals surface area contributed by atoms with Crippen LogP contribution in [-0.2, 0) is 9.59 Å². The quantitative estimate of drug-likeness (QED) is 0.861. The van der Waals surface area contributed by atoms with Crippen molar-refractivity contribution >= 4 is 29.1 Å². The van der Waals surface area contributed by atoms with Crippen LogP contribution in [0.3, 0.4) is 0 Å². The van der Waals surface area contributed by atoms with Crippen LogP contribution >= 0.6 is 11.3 Å². The molecule has 3 heterocycles. The van der Waals surface area contributed by atoms with Gasteiger partial charge in [0.1, 0.15) is 0 Å². The Bertz CT molecular complexity index is 605. The third-order valence-electron chi connectivity index (χ3n) is 4.16. The first-order valence-electron chi connectivity index (χ1n) is 7.46. The first-order valence-corrected chi connectivity index (χ1v) is 8.27. The fourth-order valence-electron chi connectivity index (χ4n) is 2.87. The molecule has 118 valence electrons. The molecule has 1 N–H and O–H groups in total. The van der Waals surface area contributed by atoms with Gasteiger partial charge in [-0.2, -0.15) is 0 Å². The predicted octanol–water partition coefficient (Wildman–Crippen LogP) is 0.477. The molecule has 2 saturated heterocycles. The summed E-state index contributed by atoms with van der Waals surface area (Å²) >= 11 is 1.50. The van der Waals surface area contributed by atoms with Gasteiger partial charge < -0.3 is 15.1 Å². The van der Waals surface area contributed by atoms with E-state index >= 15 is 0 Å². The van der Waals surface area contributed by atoms with Gasteiger partial charge in [0, 0.05) is 44.0 Å². The van der Waals surface area contributed by atoms with E-state index < -0.39 is 0 Å². The second-order valence-corrected chi connectivity index (χ2v) is 7.02. The molecule has 0 bridgehead atoms. The van der Waals surface area contributed by atoms with Crippen molar-refractivity contribution < 1.29 is 14.4 Å². The maximum atomic E-state index is 12.4. The molecule has 2 fully saturated rings. The maximum Gasteiger partial charge on any atom is 0.264 e. The van der Waals surface area contributed by atoms with Crippen LogP contribution in [0.4, 0.5) is 0 Å². The van der Waals surface area contributed by atoms with E-state index in [2.05, 4.69) is 5.32 Å². The van der Waals surface area contributed by atoms with Gasteiger partial charge in [-0.15, -0.1) is 11.3 Å². The molecule has 6 nitrogen and oxygen atoms in total. The Kier molecular flexibility index (Phi) is 4.15. The average molecular weight is 321 g/mol. The van der Waals surface area contributed by atoms with Crippen molar-refractivity contribution in [1.29, 1.82) is 0 Å². The van der Waals surface area contributed by atoms with Crippen molar-refractivity contribution in [2.75, 3.05) is 32.7 Å². The molecule has 1 unspecified atom stereocenters. The van der Waals surface area contributed by atoms with Gasteiger partial charge in [-0.1, -0.05) is 0 Å². The number of aryl methyl sites for hydroxylation is 1. The first-order chi connectivity index (χ1) is 10.5. The van der Waals surface area contributed by atoms with Crippen molar-refractivity contribution in [2.24, 2.45) is 5.92 Å². The SMILES string of the molecule is Cc1ccc(C(=O)N2CCN(C(=O)C3CNC(=O)C3)CC2)s1. The summed E-state index contributed by atoms with van der Waals surface area (Å²) < 4.78 is 0. The molecule has 7 heteroatoms. The molecule has 3 amide bonds. The zero-order chi connectivity index (χ0) is 15.7. The van der Waals surface area contributed by atoms with Crippen LogP contribution in [0.1, 0.15) is 21.0 Å². The van der Waals surface area contributed by atoms with E-state index in [1.54, 1.807) is 9.80 Å². The van der Waals surface area contributed by atoms with Crippen molar-refractivity contribution in [3.8, 4) is 0 Å². The summed E-state index contributed by atoms with van der Waals surface area (Å²) in [4.78, 5) is 41.3. The van der Waals surface area contributed by atoms with Crippen LogP contribution < -0.4 is 5.32 Å². The van der Waals surface area contributed by atoms with Crippen LogP contribution in [-0.4, -0.2) is 60.2 Å². The summed E-state index contributed by atoms with van der Waals surface area (Å²) in [6, 6.07) is 3.80. The minimum absolute atomic E-state index is 0.0254. The smallest absolute Gasteiger partial charge is 0.264 e. The Labute approximate surface area is 133 Å². The number of nitrogens with zero attached hydrogens (tertiary/aromatic N) is 2. The highest BCUT2D eigenvalue weighted by molar-refractivity contribution is 7.13. The highest BCUT2D eigenvalue weighted by atomic mass is 32.1. The van der Waals surface area contributed by atoms with E-state index in [0.29, 0.717) is 32.7 Å². The lowest BCUT2D eigenvalue weighted by Gasteiger charge is -2.35. The van der Waals surface area contributed by atoms with Crippen molar-refractivity contribution in [3.05, 3.63) is 21.9 Å². The summed E-state index contributed by atoms with van der Waals surface area (Å²) in [5.74, 6) is -0.227. The highest BCUT2D eigenvalue weighted by Gasteiger charge is 2.33. The van der Waals surface area contributed by atoms with E-state index in [4.69, 9.17) is 0 Å². The summed E-state index contributed by atoms with van der Waals surface area (Å²) in [6.07, 6.45) is 0.284. The molecule has 0 spiro atoms. The third kappa shape index (κ3) is 2.99. The van der Waals surface area contributed by atoms with Crippen molar-refractivity contribution in [2.45, 2.75) is 13.3 Å². The molecule has 2 aliphatic rings. The Morgan fingerprint density at radius 2 is 1.86 bits per heavy atom. The predicted molar refractivity (Wildman–Crippen MR) is 82.7 cm³/mol. The minimum atomic E-state index is -0.241. The number of thiophene rings is 1. The van der Waals surface area contributed by atoms with E-state index in [0.717, 1.165) is 9.75 Å². The number of amides is 3. The topological polar surface area (TPSA) is 69.7 Å². The molecule has 0 aliphatic carbocycles. The second kappa shape index (κ2) is 6.08. The lowest BCUT2D eigenvalue weighted by molar-refractivity contribution is -0.137. The number of rotatable bonds is 2. The average Bonchev–Trinajstić information content (AvgIpc) is 3.14. The van der Waals surface area contributed by atoms with Crippen molar-refractivity contribution in [3.63, 3.8) is 0 Å².